The molecule has 0 unspecified atom stereocenters. The van der Waals surface area contributed by atoms with Crippen LogP contribution in [0.2, 0.25) is 0 Å². The molecule has 82 valence electrons. The van der Waals surface area contributed by atoms with Crippen LogP contribution in [0.25, 0.3) is 0 Å². The van der Waals surface area contributed by atoms with Gasteiger partial charge in [-0.1, -0.05) is 41.5 Å². The number of carbonyl (C=O) groups is 1. The largest absolute Gasteiger partial charge is 0.509 e. The average Bonchev–Trinajstić information content (AvgIpc) is 2.28. The van der Waals surface area contributed by atoms with Crippen LogP contribution in [0, 0.1) is 10.8 Å². The third-order valence-electron chi connectivity index (χ3n) is 3.07. The van der Waals surface area contributed by atoms with Gasteiger partial charge in [0.1, 0.15) is 6.61 Å². The molecule has 1 fully saturated rings. The fraction of sp³-hybridized carbons (Fsp3) is 0.909. The molecule has 0 bridgehead atoms. The molecule has 1 rings (SSSR count). The lowest BCUT2D eigenvalue weighted by Crippen LogP contribution is -2.55. The maximum absolute atomic E-state index is 11.1. The van der Waals surface area contributed by atoms with E-state index < -0.39 is 11.8 Å². The number of ether oxygens (including phenoxy) is 2. The van der Waals surface area contributed by atoms with E-state index in [4.69, 9.17) is 9.47 Å². The first-order valence-corrected chi connectivity index (χ1v) is 4.96. The molecule has 0 aromatic heterocycles. The predicted molar refractivity (Wildman–Crippen MR) is 54.1 cm³/mol. The third-order valence-corrected chi connectivity index (χ3v) is 3.07. The van der Waals surface area contributed by atoms with E-state index in [-0.39, 0.29) is 10.8 Å². The normalized spacial score (nSPS) is 21.7. The Kier molecular flexibility index (Phi) is 2.33. The highest BCUT2D eigenvalue weighted by atomic mass is 16.8. The summed E-state index contributed by atoms with van der Waals surface area (Å²) in [5.74, 6) is 0. The monoisotopic (exact) mass is 200 g/mol. The topological polar surface area (TPSA) is 35.5 Å². The van der Waals surface area contributed by atoms with Crippen molar-refractivity contribution in [3.63, 3.8) is 0 Å². The number of hydrogen-bond donors (Lipinski definition) is 0. The molecule has 1 heterocycles. The van der Waals surface area contributed by atoms with Crippen LogP contribution in [0.1, 0.15) is 41.5 Å². The summed E-state index contributed by atoms with van der Waals surface area (Å²) in [4.78, 5) is 11.1. The molecule has 0 saturated carbocycles. The quantitative estimate of drug-likeness (QED) is 0.564. The van der Waals surface area contributed by atoms with Gasteiger partial charge in [-0.05, 0) is 0 Å². The lowest BCUT2D eigenvalue weighted by Gasteiger charge is -2.47. The molecule has 0 spiro atoms. The zero-order valence-corrected chi connectivity index (χ0v) is 9.93. The molecule has 0 atom stereocenters. The number of hydrogen-bond acceptors (Lipinski definition) is 3. The van der Waals surface area contributed by atoms with Gasteiger partial charge in [0, 0.05) is 10.8 Å². The molecule has 0 N–H and O–H groups in total. The first kappa shape index (κ1) is 11.3. The summed E-state index contributed by atoms with van der Waals surface area (Å²) >= 11 is 0. The van der Waals surface area contributed by atoms with Gasteiger partial charge in [0.05, 0.1) is 0 Å². The molecule has 0 radical (unpaired) electrons. The summed E-state index contributed by atoms with van der Waals surface area (Å²) in [5.41, 5.74) is -0.786. The second kappa shape index (κ2) is 2.88. The van der Waals surface area contributed by atoms with E-state index in [1.807, 2.05) is 0 Å². The highest BCUT2D eigenvalue weighted by molar-refractivity contribution is 5.63. The van der Waals surface area contributed by atoms with Crippen molar-refractivity contribution < 1.29 is 14.3 Å². The van der Waals surface area contributed by atoms with Gasteiger partial charge in [0.25, 0.3) is 0 Å². The van der Waals surface area contributed by atoms with Gasteiger partial charge in [-0.25, -0.2) is 4.79 Å². The Hall–Kier alpha value is -0.730. The molecule has 1 aliphatic rings. The van der Waals surface area contributed by atoms with Crippen molar-refractivity contribution in [2.45, 2.75) is 47.1 Å². The van der Waals surface area contributed by atoms with Gasteiger partial charge in [-0.2, -0.15) is 0 Å². The number of cyclic esters (lactones) is 2. The molecule has 0 aromatic rings. The zero-order valence-electron chi connectivity index (χ0n) is 9.93. The van der Waals surface area contributed by atoms with E-state index in [9.17, 15) is 4.79 Å². The van der Waals surface area contributed by atoms with Crippen LogP contribution >= 0.6 is 0 Å². The molecule has 3 heteroatoms. The van der Waals surface area contributed by atoms with Crippen LogP contribution in [0.5, 0.6) is 0 Å². The van der Waals surface area contributed by atoms with Crippen molar-refractivity contribution in [2.75, 3.05) is 6.61 Å². The van der Waals surface area contributed by atoms with Crippen LogP contribution in [0.4, 0.5) is 4.79 Å². The van der Waals surface area contributed by atoms with E-state index in [0.717, 1.165) is 0 Å². The summed E-state index contributed by atoms with van der Waals surface area (Å²) in [6.07, 6.45) is -0.546. The van der Waals surface area contributed by atoms with Crippen molar-refractivity contribution in [3.8, 4) is 0 Å². The minimum Gasteiger partial charge on any atom is -0.430 e. The maximum atomic E-state index is 11.1. The van der Waals surface area contributed by atoms with Crippen molar-refractivity contribution in [2.24, 2.45) is 10.8 Å². The Labute approximate surface area is 85.8 Å². The van der Waals surface area contributed by atoms with E-state index in [0.29, 0.717) is 6.61 Å². The molecule has 0 aliphatic carbocycles. The standard InChI is InChI=1S/C11H20O3/c1-9(2,3)11(10(4,5)6)7-13-8(12)14-11/h7H2,1-6H3. The Bertz CT molecular complexity index is 228. The van der Waals surface area contributed by atoms with E-state index >= 15 is 0 Å². The molecule has 1 aliphatic heterocycles. The van der Waals surface area contributed by atoms with Crippen LogP contribution in [0.3, 0.4) is 0 Å². The highest BCUT2D eigenvalue weighted by Gasteiger charge is 2.58. The number of carbonyl (C=O) groups excluding carboxylic acids is 1. The van der Waals surface area contributed by atoms with E-state index in [1.165, 1.54) is 0 Å². The fourth-order valence-electron chi connectivity index (χ4n) is 2.23. The summed E-state index contributed by atoms with van der Waals surface area (Å²) in [6.45, 7) is 12.8. The van der Waals surface area contributed by atoms with Gasteiger partial charge >= 0.3 is 6.16 Å². The van der Waals surface area contributed by atoms with Gasteiger partial charge in [-0.3, -0.25) is 0 Å². The lowest BCUT2D eigenvalue weighted by atomic mass is 9.63. The lowest BCUT2D eigenvalue weighted by molar-refractivity contribution is -0.111. The van der Waals surface area contributed by atoms with Gasteiger partial charge in [-0.15, -0.1) is 0 Å². The Morgan fingerprint density at radius 2 is 1.50 bits per heavy atom. The van der Waals surface area contributed by atoms with Crippen LogP contribution in [0.15, 0.2) is 0 Å². The fourth-order valence-corrected chi connectivity index (χ4v) is 2.23. The van der Waals surface area contributed by atoms with Gasteiger partial charge < -0.3 is 9.47 Å². The minimum atomic E-state index is -0.546. The zero-order chi connectivity index (χ0) is 11.2. The summed E-state index contributed by atoms with van der Waals surface area (Å²) in [5, 5.41) is 0. The summed E-state index contributed by atoms with van der Waals surface area (Å²) < 4.78 is 10.4. The van der Waals surface area contributed by atoms with Crippen LogP contribution in [-0.4, -0.2) is 18.4 Å². The molecule has 0 aromatic carbocycles. The molecule has 3 nitrogen and oxygen atoms in total. The Morgan fingerprint density at radius 1 is 1.07 bits per heavy atom. The Balaban J connectivity index is 3.12. The number of rotatable bonds is 0. The molecular weight excluding hydrogens is 180 g/mol. The first-order chi connectivity index (χ1) is 6.10. The molecular formula is C11H20O3. The molecule has 14 heavy (non-hydrogen) atoms. The Morgan fingerprint density at radius 3 is 1.64 bits per heavy atom. The highest BCUT2D eigenvalue weighted by Crippen LogP contribution is 2.49. The van der Waals surface area contributed by atoms with E-state index in [2.05, 4.69) is 41.5 Å². The predicted octanol–water partition coefficient (Wildman–Crippen LogP) is 2.98. The van der Waals surface area contributed by atoms with Crippen LogP contribution in [-0.2, 0) is 9.47 Å². The van der Waals surface area contributed by atoms with E-state index in [1.54, 1.807) is 0 Å². The third kappa shape index (κ3) is 1.49. The SMILES string of the molecule is CC(C)(C)C1(C(C)(C)C)COC(=O)O1. The van der Waals surface area contributed by atoms with Crippen LogP contribution < -0.4 is 0 Å². The van der Waals surface area contributed by atoms with Gasteiger partial charge in [0.2, 0.25) is 0 Å². The van der Waals surface area contributed by atoms with Crippen molar-refractivity contribution in [1.29, 1.82) is 0 Å². The second-order valence-electron chi connectivity index (χ2n) is 5.97. The van der Waals surface area contributed by atoms with Crippen molar-refractivity contribution in [1.82, 2.24) is 0 Å². The molecule has 1 saturated heterocycles. The van der Waals surface area contributed by atoms with Gasteiger partial charge in [0.15, 0.2) is 5.60 Å². The minimum absolute atomic E-state index is 0.128. The first-order valence-electron chi connectivity index (χ1n) is 4.96. The van der Waals surface area contributed by atoms with Crippen molar-refractivity contribution >= 4 is 6.16 Å². The smallest absolute Gasteiger partial charge is 0.430 e. The summed E-state index contributed by atoms with van der Waals surface area (Å²) in [6, 6.07) is 0. The summed E-state index contributed by atoms with van der Waals surface area (Å²) in [7, 11) is 0. The molecule has 0 amide bonds. The maximum Gasteiger partial charge on any atom is 0.509 e. The average molecular weight is 200 g/mol. The van der Waals surface area contributed by atoms with Crippen molar-refractivity contribution in [3.05, 3.63) is 0 Å². The second-order valence-corrected chi connectivity index (χ2v) is 5.97.